The van der Waals surface area contributed by atoms with Gasteiger partial charge in [0.05, 0.1) is 0 Å². The minimum atomic E-state index is -0.972. The molecule has 6 heteroatoms. The monoisotopic (exact) mass is 222 g/mol. The van der Waals surface area contributed by atoms with Gasteiger partial charge in [-0.05, 0) is 11.0 Å². The fraction of sp³-hybridized carbons (Fsp3) is 0.500. The molecule has 0 bridgehead atoms. The maximum Gasteiger partial charge on any atom is 0.255 e. The molecule has 0 fully saturated rings. The van der Waals surface area contributed by atoms with Crippen LogP contribution in [0.4, 0.5) is 5.95 Å². The van der Waals surface area contributed by atoms with E-state index >= 15 is 0 Å². The van der Waals surface area contributed by atoms with Crippen molar-refractivity contribution in [3.63, 3.8) is 0 Å². The first kappa shape index (κ1) is 10.8. The van der Waals surface area contributed by atoms with Crippen LogP contribution < -0.4 is 4.90 Å². The number of hydrogen-bond donors (Lipinski definition) is 2. The van der Waals surface area contributed by atoms with Gasteiger partial charge in [0.15, 0.2) is 6.23 Å². The smallest absolute Gasteiger partial charge is 0.255 e. The number of aromatic nitrogens is 3. The van der Waals surface area contributed by atoms with E-state index < -0.39 is 6.23 Å². The van der Waals surface area contributed by atoms with E-state index in [1.807, 2.05) is 20.8 Å². The fourth-order valence-electron chi connectivity index (χ4n) is 1.68. The number of nitrogens with one attached hydrogen (secondary N) is 1. The molecule has 1 amide bonds. The number of rotatable bonds is 1. The highest BCUT2D eigenvalue weighted by Crippen LogP contribution is 2.34. The zero-order valence-electron chi connectivity index (χ0n) is 9.43. The van der Waals surface area contributed by atoms with Crippen molar-refractivity contribution in [1.29, 1.82) is 0 Å². The summed E-state index contributed by atoms with van der Waals surface area (Å²) in [6, 6.07) is 0. The molecule has 86 valence electrons. The summed E-state index contributed by atoms with van der Waals surface area (Å²) >= 11 is 0. The molecule has 0 saturated carbocycles. The van der Waals surface area contributed by atoms with Crippen molar-refractivity contribution in [2.75, 3.05) is 4.90 Å². The minimum Gasteiger partial charge on any atom is -0.369 e. The molecule has 1 aliphatic rings. The number of hydrogen-bond acceptors (Lipinski definition) is 4. The molecule has 1 aromatic rings. The Morgan fingerprint density at radius 2 is 2.19 bits per heavy atom. The summed E-state index contributed by atoms with van der Waals surface area (Å²) in [5.41, 5.74) is 0.415. The summed E-state index contributed by atoms with van der Waals surface area (Å²) in [6.07, 6.45) is 1.78. The molecule has 0 saturated heterocycles. The van der Waals surface area contributed by atoms with Crippen LogP contribution >= 0.6 is 0 Å². The number of aliphatic hydroxyl groups is 1. The van der Waals surface area contributed by atoms with E-state index in [4.69, 9.17) is 0 Å². The number of nitrogens with zero attached hydrogens (tertiary/aromatic N) is 3. The van der Waals surface area contributed by atoms with E-state index in [1.165, 1.54) is 17.3 Å². The molecular formula is C10H14N4O2. The SMILES string of the molecule is CC(C)(C)C1=CC(=O)N(c2ncn[nH]2)C1O. The molecule has 16 heavy (non-hydrogen) atoms. The van der Waals surface area contributed by atoms with Gasteiger partial charge in [0.2, 0.25) is 5.95 Å². The van der Waals surface area contributed by atoms with Crippen LogP contribution in [-0.4, -0.2) is 32.4 Å². The minimum absolute atomic E-state index is 0.257. The summed E-state index contributed by atoms with van der Waals surface area (Å²) in [4.78, 5) is 16.8. The molecule has 1 aliphatic heterocycles. The highest BCUT2D eigenvalue weighted by atomic mass is 16.3. The topological polar surface area (TPSA) is 82.1 Å². The van der Waals surface area contributed by atoms with E-state index in [0.29, 0.717) is 5.57 Å². The molecule has 0 spiro atoms. The molecule has 1 atom stereocenters. The maximum atomic E-state index is 11.7. The third-order valence-corrected chi connectivity index (χ3v) is 2.54. The summed E-state index contributed by atoms with van der Waals surface area (Å²) < 4.78 is 0. The van der Waals surface area contributed by atoms with Crippen molar-refractivity contribution in [3.8, 4) is 0 Å². The molecule has 2 heterocycles. The molecule has 1 unspecified atom stereocenters. The highest BCUT2D eigenvalue weighted by Gasteiger charge is 2.38. The second-order valence-corrected chi connectivity index (χ2v) is 4.74. The molecule has 6 nitrogen and oxygen atoms in total. The van der Waals surface area contributed by atoms with Crippen LogP contribution in [0.2, 0.25) is 0 Å². The quantitative estimate of drug-likeness (QED) is 0.722. The third-order valence-electron chi connectivity index (χ3n) is 2.54. The lowest BCUT2D eigenvalue weighted by Gasteiger charge is -2.26. The van der Waals surface area contributed by atoms with Gasteiger partial charge in [-0.25, -0.2) is 10.00 Å². The first-order valence-corrected chi connectivity index (χ1v) is 5.00. The molecule has 2 rings (SSSR count). The van der Waals surface area contributed by atoms with E-state index in [-0.39, 0.29) is 17.3 Å². The second-order valence-electron chi connectivity index (χ2n) is 4.74. The van der Waals surface area contributed by atoms with Crippen LogP contribution in [0.5, 0.6) is 0 Å². The van der Waals surface area contributed by atoms with Gasteiger partial charge in [-0.1, -0.05) is 20.8 Å². The standard InChI is InChI=1S/C10H14N4O2/c1-10(2,3)6-4-7(15)14(8(6)16)9-11-5-12-13-9/h4-5,8,16H,1-3H3,(H,11,12,13). The van der Waals surface area contributed by atoms with E-state index in [0.717, 1.165) is 0 Å². The Labute approximate surface area is 93.0 Å². The van der Waals surface area contributed by atoms with Gasteiger partial charge in [-0.15, -0.1) is 0 Å². The van der Waals surface area contributed by atoms with Crippen molar-refractivity contribution in [3.05, 3.63) is 18.0 Å². The molecule has 2 N–H and O–H groups in total. The van der Waals surface area contributed by atoms with Crippen molar-refractivity contribution in [2.45, 2.75) is 27.0 Å². The van der Waals surface area contributed by atoms with Crippen LogP contribution in [0.25, 0.3) is 0 Å². The summed E-state index contributed by atoms with van der Waals surface area (Å²) in [7, 11) is 0. The van der Waals surface area contributed by atoms with Crippen molar-refractivity contribution in [1.82, 2.24) is 15.2 Å². The largest absolute Gasteiger partial charge is 0.369 e. The fourth-order valence-corrected chi connectivity index (χ4v) is 1.68. The number of amides is 1. The van der Waals surface area contributed by atoms with Gasteiger partial charge < -0.3 is 5.11 Å². The molecule has 1 aromatic heterocycles. The van der Waals surface area contributed by atoms with Crippen LogP contribution in [0.1, 0.15) is 20.8 Å². The average molecular weight is 222 g/mol. The Balaban J connectivity index is 2.33. The Kier molecular flexibility index (Phi) is 2.31. The maximum absolute atomic E-state index is 11.7. The number of aliphatic hydroxyl groups excluding tert-OH is 1. The Morgan fingerprint density at radius 1 is 1.50 bits per heavy atom. The second kappa shape index (κ2) is 3.41. The van der Waals surface area contributed by atoms with Gasteiger partial charge in [-0.2, -0.15) is 10.1 Å². The third kappa shape index (κ3) is 1.61. The highest BCUT2D eigenvalue weighted by molar-refractivity contribution is 6.04. The first-order valence-electron chi connectivity index (χ1n) is 5.00. The molecule has 0 aromatic carbocycles. The van der Waals surface area contributed by atoms with Crippen molar-refractivity contribution < 1.29 is 9.90 Å². The van der Waals surface area contributed by atoms with E-state index in [9.17, 15) is 9.90 Å². The lowest BCUT2D eigenvalue weighted by Crippen LogP contribution is -2.38. The Hall–Kier alpha value is -1.69. The van der Waals surface area contributed by atoms with Gasteiger partial charge in [0.25, 0.3) is 5.91 Å². The molecule has 0 radical (unpaired) electrons. The number of anilines is 1. The normalized spacial score (nSPS) is 21.5. The zero-order chi connectivity index (χ0) is 11.9. The van der Waals surface area contributed by atoms with Crippen LogP contribution in [0, 0.1) is 5.41 Å². The van der Waals surface area contributed by atoms with Crippen LogP contribution in [-0.2, 0) is 4.79 Å². The number of carbonyl (C=O) groups is 1. The van der Waals surface area contributed by atoms with Crippen LogP contribution in [0.15, 0.2) is 18.0 Å². The summed E-state index contributed by atoms with van der Waals surface area (Å²) in [6.45, 7) is 5.83. The first-order chi connectivity index (χ1) is 7.41. The van der Waals surface area contributed by atoms with Gasteiger partial charge in [0, 0.05) is 6.08 Å². The number of H-pyrrole nitrogens is 1. The predicted octanol–water partition coefficient (Wildman–Crippen LogP) is 0.442. The predicted molar refractivity (Wildman–Crippen MR) is 57.4 cm³/mol. The Bertz CT molecular complexity index is 430. The number of aromatic amines is 1. The van der Waals surface area contributed by atoms with Gasteiger partial charge in [-0.3, -0.25) is 4.79 Å². The summed E-state index contributed by atoms with van der Waals surface area (Å²) in [5, 5.41) is 16.3. The van der Waals surface area contributed by atoms with Crippen molar-refractivity contribution in [2.24, 2.45) is 5.41 Å². The van der Waals surface area contributed by atoms with Crippen molar-refractivity contribution >= 4 is 11.9 Å². The lowest BCUT2D eigenvalue weighted by molar-refractivity contribution is -0.114. The molecule has 0 aliphatic carbocycles. The Morgan fingerprint density at radius 3 is 2.62 bits per heavy atom. The zero-order valence-corrected chi connectivity index (χ0v) is 9.43. The number of carbonyl (C=O) groups excluding carboxylic acids is 1. The van der Waals surface area contributed by atoms with Crippen LogP contribution in [0.3, 0.4) is 0 Å². The van der Waals surface area contributed by atoms with Gasteiger partial charge >= 0.3 is 0 Å². The average Bonchev–Trinajstić information content (AvgIpc) is 2.72. The summed E-state index contributed by atoms with van der Waals surface area (Å²) in [5.74, 6) is -0.0258. The van der Waals surface area contributed by atoms with E-state index in [2.05, 4.69) is 15.2 Å². The molecular weight excluding hydrogens is 208 g/mol. The lowest BCUT2D eigenvalue weighted by atomic mass is 9.86. The van der Waals surface area contributed by atoms with E-state index in [1.54, 1.807) is 0 Å². The van der Waals surface area contributed by atoms with Gasteiger partial charge in [0.1, 0.15) is 6.33 Å².